The van der Waals surface area contributed by atoms with Crippen molar-refractivity contribution in [1.29, 1.82) is 0 Å². The fourth-order valence-electron chi connectivity index (χ4n) is 1.69. The van der Waals surface area contributed by atoms with Crippen LogP contribution in [0.3, 0.4) is 0 Å². The molecule has 1 aromatic heterocycles. The Morgan fingerprint density at radius 1 is 1.30 bits per heavy atom. The number of halogens is 1. The van der Waals surface area contributed by atoms with Crippen LogP contribution in [-0.4, -0.2) is 19.9 Å². The summed E-state index contributed by atoms with van der Waals surface area (Å²) in [4.78, 5) is 4.00. The zero-order valence-corrected chi connectivity index (χ0v) is 12.2. The summed E-state index contributed by atoms with van der Waals surface area (Å²) in [5.74, 6) is 0. The van der Waals surface area contributed by atoms with Crippen LogP contribution in [0.2, 0.25) is 5.02 Å². The maximum Gasteiger partial charge on any atom is 0.242 e. The second-order valence-corrected chi connectivity index (χ2v) is 6.34. The van der Waals surface area contributed by atoms with Gasteiger partial charge in [-0.05, 0) is 36.2 Å². The lowest BCUT2D eigenvalue weighted by molar-refractivity contribution is 0.581. The van der Waals surface area contributed by atoms with Gasteiger partial charge >= 0.3 is 0 Å². The summed E-state index contributed by atoms with van der Waals surface area (Å²) in [5, 5.41) is 0.110. The first-order valence-electron chi connectivity index (χ1n) is 5.92. The lowest BCUT2D eigenvalue weighted by Gasteiger charge is -2.08. The molecule has 7 heteroatoms. The van der Waals surface area contributed by atoms with Crippen molar-refractivity contribution in [2.75, 3.05) is 12.3 Å². The summed E-state index contributed by atoms with van der Waals surface area (Å²) in [6.45, 7) is 0.273. The van der Waals surface area contributed by atoms with Crippen LogP contribution < -0.4 is 10.5 Å². The maximum absolute atomic E-state index is 12.1. The van der Waals surface area contributed by atoms with Crippen LogP contribution in [-0.2, 0) is 16.4 Å². The molecule has 1 heterocycles. The number of rotatable bonds is 5. The van der Waals surface area contributed by atoms with Crippen LogP contribution in [0.5, 0.6) is 0 Å². The van der Waals surface area contributed by atoms with Gasteiger partial charge in [0.1, 0.15) is 4.90 Å². The number of sulfonamides is 1. The zero-order chi connectivity index (χ0) is 14.6. The van der Waals surface area contributed by atoms with Crippen LogP contribution in [0.1, 0.15) is 5.56 Å². The highest BCUT2D eigenvalue weighted by atomic mass is 35.5. The quantitative estimate of drug-likeness (QED) is 0.825. The van der Waals surface area contributed by atoms with Crippen LogP contribution >= 0.6 is 11.6 Å². The van der Waals surface area contributed by atoms with Crippen molar-refractivity contribution in [1.82, 2.24) is 9.71 Å². The van der Waals surface area contributed by atoms with E-state index in [-0.39, 0.29) is 16.5 Å². The molecule has 0 aliphatic carbocycles. The summed E-state index contributed by atoms with van der Waals surface area (Å²) in [6, 6.07) is 8.00. The van der Waals surface area contributed by atoms with E-state index in [0.717, 1.165) is 5.56 Å². The van der Waals surface area contributed by atoms with Gasteiger partial charge in [0.25, 0.3) is 0 Å². The monoisotopic (exact) mass is 311 g/mol. The molecule has 106 valence electrons. The Labute approximate surface area is 122 Å². The van der Waals surface area contributed by atoms with Gasteiger partial charge in [-0.1, -0.05) is 17.7 Å². The highest BCUT2D eigenvalue weighted by Gasteiger charge is 2.17. The molecular weight excluding hydrogens is 298 g/mol. The summed E-state index contributed by atoms with van der Waals surface area (Å²) in [5.41, 5.74) is 6.92. The van der Waals surface area contributed by atoms with E-state index in [1.165, 1.54) is 18.2 Å². The number of anilines is 1. The normalized spacial score (nSPS) is 11.4. The van der Waals surface area contributed by atoms with Crippen molar-refractivity contribution in [3.63, 3.8) is 0 Å². The molecule has 2 aromatic rings. The molecule has 1 aromatic carbocycles. The second-order valence-electron chi connectivity index (χ2n) is 4.20. The van der Waals surface area contributed by atoms with Gasteiger partial charge in [0, 0.05) is 24.6 Å². The Balaban J connectivity index is 2.04. The Kier molecular flexibility index (Phi) is 4.59. The van der Waals surface area contributed by atoms with E-state index >= 15 is 0 Å². The van der Waals surface area contributed by atoms with Gasteiger partial charge in [0.2, 0.25) is 10.0 Å². The summed E-state index contributed by atoms with van der Waals surface area (Å²) in [7, 11) is -3.64. The molecule has 0 spiro atoms. The van der Waals surface area contributed by atoms with Crippen LogP contribution in [0, 0.1) is 0 Å². The second kappa shape index (κ2) is 6.21. The molecule has 20 heavy (non-hydrogen) atoms. The molecule has 0 fully saturated rings. The molecule has 0 radical (unpaired) electrons. The number of benzene rings is 1. The van der Waals surface area contributed by atoms with Crippen molar-refractivity contribution in [2.24, 2.45) is 0 Å². The summed E-state index contributed by atoms with van der Waals surface area (Å²) >= 11 is 5.90. The van der Waals surface area contributed by atoms with E-state index < -0.39 is 10.0 Å². The minimum Gasteiger partial charge on any atom is -0.399 e. The van der Waals surface area contributed by atoms with E-state index in [2.05, 4.69) is 9.71 Å². The molecule has 5 nitrogen and oxygen atoms in total. The molecule has 2 rings (SSSR count). The van der Waals surface area contributed by atoms with Gasteiger partial charge in [-0.25, -0.2) is 13.1 Å². The van der Waals surface area contributed by atoms with Crippen molar-refractivity contribution >= 4 is 27.3 Å². The lowest BCUT2D eigenvalue weighted by Crippen LogP contribution is -2.26. The molecule has 0 atom stereocenters. The van der Waals surface area contributed by atoms with Gasteiger partial charge in [-0.2, -0.15) is 0 Å². The predicted octanol–water partition coefficient (Wildman–Crippen LogP) is 1.84. The third-order valence-corrected chi connectivity index (χ3v) is 4.62. The van der Waals surface area contributed by atoms with Gasteiger partial charge in [-0.3, -0.25) is 4.98 Å². The topological polar surface area (TPSA) is 85.1 Å². The van der Waals surface area contributed by atoms with Crippen molar-refractivity contribution in [3.8, 4) is 0 Å². The summed E-state index contributed by atoms with van der Waals surface area (Å²) in [6.07, 6.45) is 3.92. The van der Waals surface area contributed by atoms with E-state index in [4.69, 9.17) is 17.3 Å². The first kappa shape index (κ1) is 14.8. The van der Waals surface area contributed by atoms with Gasteiger partial charge < -0.3 is 5.73 Å². The maximum atomic E-state index is 12.1. The van der Waals surface area contributed by atoms with Crippen LogP contribution in [0.15, 0.2) is 47.6 Å². The molecule has 0 unspecified atom stereocenters. The molecule has 0 saturated heterocycles. The van der Waals surface area contributed by atoms with Gasteiger partial charge in [-0.15, -0.1) is 0 Å². The third kappa shape index (κ3) is 3.69. The zero-order valence-electron chi connectivity index (χ0n) is 10.6. The number of nitrogens with two attached hydrogens (primary N) is 1. The molecular formula is C13H14ClN3O2S. The minimum absolute atomic E-state index is 0.0274. The fraction of sp³-hybridized carbons (Fsp3) is 0.154. The Hall–Kier alpha value is -1.63. The lowest BCUT2D eigenvalue weighted by atomic mass is 10.2. The Morgan fingerprint density at radius 3 is 2.75 bits per heavy atom. The van der Waals surface area contributed by atoms with Crippen molar-refractivity contribution in [2.45, 2.75) is 11.3 Å². The molecule has 0 aliphatic heterocycles. The van der Waals surface area contributed by atoms with Crippen LogP contribution in [0.4, 0.5) is 5.69 Å². The number of hydrogen-bond donors (Lipinski definition) is 2. The number of pyridine rings is 1. The Bertz CT molecular complexity index is 690. The molecule has 0 aliphatic rings. The smallest absolute Gasteiger partial charge is 0.242 e. The number of aromatic nitrogens is 1. The first-order chi connectivity index (χ1) is 9.49. The van der Waals surface area contributed by atoms with Gasteiger partial charge in [0.05, 0.1) is 5.02 Å². The first-order valence-corrected chi connectivity index (χ1v) is 7.79. The number of nitrogen functional groups attached to an aromatic ring is 1. The van der Waals surface area contributed by atoms with Crippen molar-refractivity contribution < 1.29 is 8.42 Å². The molecule has 3 N–H and O–H groups in total. The molecule has 0 amide bonds. The minimum atomic E-state index is -3.64. The van der Waals surface area contributed by atoms with E-state index in [9.17, 15) is 8.42 Å². The van der Waals surface area contributed by atoms with E-state index in [1.807, 2.05) is 6.07 Å². The van der Waals surface area contributed by atoms with E-state index in [1.54, 1.807) is 18.5 Å². The average molecular weight is 312 g/mol. The molecule has 0 bridgehead atoms. The number of nitrogens with one attached hydrogen (secondary N) is 1. The predicted molar refractivity (Wildman–Crippen MR) is 79.0 cm³/mol. The highest BCUT2D eigenvalue weighted by Crippen LogP contribution is 2.23. The number of nitrogens with zero attached hydrogens (tertiary/aromatic N) is 1. The standard InChI is InChI=1S/C13H14ClN3O2S/c14-12-8-11(15)3-4-13(12)20(18,19)17-7-5-10-2-1-6-16-9-10/h1-4,6,8-9,17H,5,7,15H2. The molecule has 0 saturated carbocycles. The largest absolute Gasteiger partial charge is 0.399 e. The summed E-state index contributed by atoms with van der Waals surface area (Å²) < 4.78 is 26.7. The fourth-order valence-corrected chi connectivity index (χ4v) is 3.27. The highest BCUT2D eigenvalue weighted by molar-refractivity contribution is 7.89. The SMILES string of the molecule is Nc1ccc(S(=O)(=O)NCCc2cccnc2)c(Cl)c1. The van der Waals surface area contributed by atoms with E-state index in [0.29, 0.717) is 12.1 Å². The van der Waals surface area contributed by atoms with Crippen LogP contribution in [0.25, 0.3) is 0 Å². The number of hydrogen-bond acceptors (Lipinski definition) is 4. The average Bonchev–Trinajstić information content (AvgIpc) is 2.39. The third-order valence-electron chi connectivity index (χ3n) is 2.67. The van der Waals surface area contributed by atoms with Crippen molar-refractivity contribution in [3.05, 3.63) is 53.3 Å². The Morgan fingerprint density at radius 2 is 2.10 bits per heavy atom. The van der Waals surface area contributed by atoms with Gasteiger partial charge in [0.15, 0.2) is 0 Å².